The Morgan fingerprint density at radius 1 is 1.33 bits per heavy atom. The number of para-hydroxylation sites is 1. The van der Waals surface area contributed by atoms with Gasteiger partial charge in [0.15, 0.2) is 0 Å². The monoisotopic (exact) mass is 205 g/mol. The molecule has 5 nitrogen and oxygen atoms in total. The van der Waals surface area contributed by atoms with E-state index < -0.39 is 0 Å². The van der Waals surface area contributed by atoms with E-state index in [-0.39, 0.29) is 12.3 Å². The van der Waals surface area contributed by atoms with Crippen LogP contribution < -0.4 is 5.69 Å². The molecule has 2 rings (SSSR count). The smallest absolute Gasteiger partial charge is 0.348 e. The first kappa shape index (κ1) is 9.67. The van der Waals surface area contributed by atoms with E-state index in [1.54, 1.807) is 12.1 Å². The second kappa shape index (κ2) is 4.10. The zero-order chi connectivity index (χ0) is 10.7. The number of nitrogens with zero attached hydrogens (tertiary/aromatic N) is 2. The highest BCUT2D eigenvalue weighted by Crippen LogP contribution is 2.01. The fraction of sp³-hybridized carbons (Fsp3) is 0.200. The SMILES string of the molecule is O=c1[nH]c(CCO)nn1-c1ccccc1. The summed E-state index contributed by atoms with van der Waals surface area (Å²) >= 11 is 0. The summed E-state index contributed by atoms with van der Waals surface area (Å²) in [5.74, 6) is 0.492. The van der Waals surface area contributed by atoms with Crippen molar-refractivity contribution in [1.29, 1.82) is 0 Å². The van der Waals surface area contributed by atoms with E-state index >= 15 is 0 Å². The number of aliphatic hydroxyl groups excluding tert-OH is 1. The number of aromatic nitrogens is 3. The standard InChI is InChI=1S/C10H11N3O2/c14-7-6-9-11-10(15)13(12-9)8-4-2-1-3-5-8/h1-5,14H,6-7H2,(H,11,12,15). The van der Waals surface area contributed by atoms with E-state index in [1.165, 1.54) is 4.68 Å². The van der Waals surface area contributed by atoms with Crippen LogP contribution in [0, 0.1) is 0 Å². The Labute approximate surface area is 86.0 Å². The molecule has 0 spiro atoms. The second-order valence-corrected chi connectivity index (χ2v) is 3.10. The molecule has 0 unspecified atom stereocenters. The summed E-state index contributed by atoms with van der Waals surface area (Å²) in [6.07, 6.45) is 0.356. The van der Waals surface area contributed by atoms with Gasteiger partial charge in [-0.15, -0.1) is 0 Å². The summed E-state index contributed by atoms with van der Waals surface area (Å²) in [6.45, 7) is -0.0260. The van der Waals surface area contributed by atoms with Crippen LogP contribution >= 0.6 is 0 Å². The van der Waals surface area contributed by atoms with E-state index in [0.717, 1.165) is 0 Å². The van der Waals surface area contributed by atoms with Gasteiger partial charge in [0, 0.05) is 6.42 Å². The zero-order valence-corrected chi connectivity index (χ0v) is 8.05. The number of rotatable bonds is 3. The van der Waals surface area contributed by atoms with E-state index in [2.05, 4.69) is 10.1 Å². The van der Waals surface area contributed by atoms with Gasteiger partial charge < -0.3 is 5.11 Å². The van der Waals surface area contributed by atoms with Crippen molar-refractivity contribution < 1.29 is 5.11 Å². The highest BCUT2D eigenvalue weighted by molar-refractivity contribution is 5.29. The summed E-state index contributed by atoms with van der Waals surface area (Å²) in [4.78, 5) is 14.1. The molecular weight excluding hydrogens is 194 g/mol. The molecule has 1 aromatic carbocycles. The fourth-order valence-electron chi connectivity index (χ4n) is 1.33. The fourth-order valence-corrected chi connectivity index (χ4v) is 1.33. The normalized spacial score (nSPS) is 10.5. The molecule has 2 N–H and O–H groups in total. The highest BCUT2D eigenvalue weighted by Gasteiger charge is 2.05. The van der Waals surface area contributed by atoms with Crippen LogP contribution in [0.5, 0.6) is 0 Å². The van der Waals surface area contributed by atoms with E-state index in [9.17, 15) is 4.79 Å². The van der Waals surface area contributed by atoms with Gasteiger partial charge in [0.2, 0.25) is 0 Å². The quantitative estimate of drug-likeness (QED) is 0.746. The molecule has 0 aliphatic rings. The number of hydrogen-bond acceptors (Lipinski definition) is 3. The molecule has 0 radical (unpaired) electrons. The maximum Gasteiger partial charge on any atom is 0.348 e. The molecule has 0 atom stereocenters. The molecule has 0 saturated heterocycles. The average molecular weight is 205 g/mol. The molecule has 78 valence electrons. The number of aromatic amines is 1. The lowest BCUT2D eigenvalue weighted by Gasteiger charge is -1.96. The average Bonchev–Trinajstić information content (AvgIpc) is 2.61. The van der Waals surface area contributed by atoms with Crippen molar-refractivity contribution in [2.45, 2.75) is 6.42 Å². The lowest BCUT2D eigenvalue weighted by molar-refractivity contribution is 0.296. The Kier molecular flexibility index (Phi) is 2.64. The Morgan fingerprint density at radius 2 is 2.07 bits per heavy atom. The lowest BCUT2D eigenvalue weighted by atomic mass is 10.3. The lowest BCUT2D eigenvalue weighted by Crippen LogP contribution is -2.15. The Balaban J connectivity index is 2.41. The molecule has 5 heteroatoms. The molecule has 1 aromatic heterocycles. The van der Waals surface area contributed by atoms with Gasteiger partial charge >= 0.3 is 5.69 Å². The summed E-state index contributed by atoms with van der Waals surface area (Å²) in [5.41, 5.74) is 0.424. The van der Waals surface area contributed by atoms with E-state index in [0.29, 0.717) is 17.9 Å². The number of nitrogens with one attached hydrogen (secondary N) is 1. The van der Waals surface area contributed by atoms with Gasteiger partial charge in [-0.1, -0.05) is 18.2 Å². The van der Waals surface area contributed by atoms with Gasteiger partial charge in [-0.05, 0) is 12.1 Å². The zero-order valence-electron chi connectivity index (χ0n) is 8.05. The molecule has 0 aliphatic carbocycles. The number of hydrogen-bond donors (Lipinski definition) is 2. The molecule has 0 saturated carbocycles. The van der Waals surface area contributed by atoms with Crippen LogP contribution in [0.3, 0.4) is 0 Å². The Hall–Kier alpha value is -1.88. The van der Waals surface area contributed by atoms with Gasteiger partial charge in [-0.2, -0.15) is 9.78 Å². The molecule has 0 bridgehead atoms. The van der Waals surface area contributed by atoms with Crippen LogP contribution in [0.1, 0.15) is 5.82 Å². The van der Waals surface area contributed by atoms with Crippen LogP contribution in [-0.2, 0) is 6.42 Å². The Bertz CT molecular complexity index is 487. The number of H-pyrrole nitrogens is 1. The van der Waals surface area contributed by atoms with Crippen LogP contribution in [0.15, 0.2) is 35.1 Å². The summed E-state index contributed by atoms with van der Waals surface area (Å²) in [5, 5.41) is 12.8. The summed E-state index contributed by atoms with van der Waals surface area (Å²) < 4.78 is 1.28. The maximum absolute atomic E-state index is 11.5. The second-order valence-electron chi connectivity index (χ2n) is 3.10. The molecular formula is C10H11N3O2. The predicted octanol–water partition coefficient (Wildman–Crippen LogP) is 0.0954. The van der Waals surface area contributed by atoms with Crippen molar-refractivity contribution in [2.75, 3.05) is 6.61 Å². The van der Waals surface area contributed by atoms with Crippen LogP contribution in [-0.4, -0.2) is 26.5 Å². The molecule has 0 aliphatic heterocycles. The Morgan fingerprint density at radius 3 is 2.73 bits per heavy atom. The van der Waals surface area contributed by atoms with E-state index in [4.69, 9.17) is 5.11 Å². The third-order valence-corrected chi connectivity index (χ3v) is 2.01. The van der Waals surface area contributed by atoms with Gasteiger partial charge in [0.1, 0.15) is 5.82 Å². The minimum atomic E-state index is -0.287. The van der Waals surface area contributed by atoms with Crippen molar-refractivity contribution >= 4 is 0 Å². The molecule has 0 amide bonds. The van der Waals surface area contributed by atoms with E-state index in [1.807, 2.05) is 18.2 Å². The van der Waals surface area contributed by atoms with Crippen LogP contribution in [0.2, 0.25) is 0 Å². The van der Waals surface area contributed by atoms with Gasteiger partial charge in [0.25, 0.3) is 0 Å². The van der Waals surface area contributed by atoms with Crippen molar-refractivity contribution in [2.24, 2.45) is 0 Å². The largest absolute Gasteiger partial charge is 0.396 e. The third kappa shape index (κ3) is 1.97. The molecule has 15 heavy (non-hydrogen) atoms. The van der Waals surface area contributed by atoms with Crippen LogP contribution in [0.25, 0.3) is 5.69 Å². The summed E-state index contributed by atoms with van der Waals surface area (Å²) in [7, 11) is 0. The van der Waals surface area contributed by atoms with Crippen molar-refractivity contribution in [3.8, 4) is 5.69 Å². The van der Waals surface area contributed by atoms with Crippen LogP contribution in [0.4, 0.5) is 0 Å². The van der Waals surface area contributed by atoms with Gasteiger partial charge in [0.05, 0.1) is 12.3 Å². The van der Waals surface area contributed by atoms with Gasteiger partial charge in [-0.25, -0.2) is 4.79 Å². The molecule has 2 aromatic rings. The molecule has 1 heterocycles. The highest BCUT2D eigenvalue weighted by atomic mass is 16.3. The first-order valence-corrected chi connectivity index (χ1v) is 4.66. The molecule has 0 fully saturated rings. The first-order valence-electron chi connectivity index (χ1n) is 4.66. The maximum atomic E-state index is 11.5. The number of benzene rings is 1. The number of aliphatic hydroxyl groups is 1. The topological polar surface area (TPSA) is 70.9 Å². The predicted molar refractivity (Wildman–Crippen MR) is 55.0 cm³/mol. The van der Waals surface area contributed by atoms with Crippen molar-refractivity contribution in [1.82, 2.24) is 14.8 Å². The summed E-state index contributed by atoms with van der Waals surface area (Å²) in [6, 6.07) is 9.14. The minimum Gasteiger partial charge on any atom is -0.396 e. The third-order valence-electron chi connectivity index (χ3n) is 2.01. The van der Waals surface area contributed by atoms with Crippen molar-refractivity contribution in [3.63, 3.8) is 0 Å². The minimum absolute atomic E-state index is 0.0260. The van der Waals surface area contributed by atoms with Crippen molar-refractivity contribution in [3.05, 3.63) is 46.6 Å². The first-order chi connectivity index (χ1) is 7.31. The van der Waals surface area contributed by atoms with Gasteiger partial charge in [-0.3, -0.25) is 4.98 Å².